The van der Waals surface area contributed by atoms with E-state index in [2.05, 4.69) is 6.07 Å². The van der Waals surface area contributed by atoms with Crippen LogP contribution in [-0.4, -0.2) is 40.3 Å². The summed E-state index contributed by atoms with van der Waals surface area (Å²) in [5, 5.41) is 19.6. The van der Waals surface area contributed by atoms with Gasteiger partial charge in [0, 0.05) is 6.54 Å². The normalized spacial score (nSPS) is 29.3. The van der Waals surface area contributed by atoms with Crippen molar-refractivity contribution in [3.05, 3.63) is 35.4 Å². The van der Waals surface area contributed by atoms with E-state index in [0.717, 1.165) is 24.8 Å². The van der Waals surface area contributed by atoms with E-state index >= 15 is 0 Å². The fourth-order valence-corrected chi connectivity index (χ4v) is 3.55. The molecule has 0 saturated heterocycles. The first-order valence-electron chi connectivity index (χ1n) is 7.39. The number of hydrogen-bond donors (Lipinski definition) is 2. The largest absolute Gasteiger partial charge is 0.394 e. The molecule has 108 valence electrons. The van der Waals surface area contributed by atoms with Crippen LogP contribution in [0.25, 0.3) is 0 Å². The Hall–Kier alpha value is -1.39. The van der Waals surface area contributed by atoms with Crippen LogP contribution >= 0.6 is 0 Å². The Balaban J connectivity index is 1.85. The van der Waals surface area contributed by atoms with Gasteiger partial charge in [0.1, 0.15) is 0 Å². The first-order valence-corrected chi connectivity index (χ1v) is 7.39. The van der Waals surface area contributed by atoms with Gasteiger partial charge in [-0.05, 0) is 36.8 Å². The van der Waals surface area contributed by atoms with Crippen LogP contribution in [0.1, 0.15) is 36.4 Å². The molecule has 2 N–H and O–H groups in total. The molecule has 0 bridgehead atoms. The maximum Gasteiger partial charge on any atom is 0.228 e. The average Bonchev–Trinajstić information content (AvgIpc) is 2.91. The summed E-state index contributed by atoms with van der Waals surface area (Å²) in [7, 11) is 0. The number of benzene rings is 1. The number of carbonyl (C=O) groups is 1. The van der Waals surface area contributed by atoms with E-state index in [9.17, 15) is 15.0 Å². The lowest BCUT2D eigenvalue weighted by atomic mass is 9.91. The Morgan fingerprint density at radius 2 is 2.10 bits per heavy atom. The van der Waals surface area contributed by atoms with E-state index in [4.69, 9.17) is 0 Å². The minimum atomic E-state index is -0.515. The highest BCUT2D eigenvalue weighted by Gasteiger charge is 2.38. The van der Waals surface area contributed by atoms with Crippen LogP contribution in [0.2, 0.25) is 0 Å². The zero-order chi connectivity index (χ0) is 14.1. The van der Waals surface area contributed by atoms with Crippen molar-refractivity contribution in [1.82, 2.24) is 4.90 Å². The van der Waals surface area contributed by atoms with Crippen molar-refractivity contribution in [3.63, 3.8) is 0 Å². The molecule has 0 aromatic heterocycles. The second-order valence-corrected chi connectivity index (χ2v) is 5.78. The van der Waals surface area contributed by atoms with Crippen molar-refractivity contribution in [1.29, 1.82) is 0 Å². The highest BCUT2D eigenvalue weighted by molar-refractivity contribution is 5.80. The maximum absolute atomic E-state index is 12.6. The molecule has 1 heterocycles. The third kappa shape index (κ3) is 2.23. The molecule has 0 spiro atoms. The van der Waals surface area contributed by atoms with E-state index in [0.29, 0.717) is 13.0 Å². The molecule has 20 heavy (non-hydrogen) atoms. The predicted octanol–water partition coefficient (Wildman–Crippen LogP) is 1.27. The quantitative estimate of drug-likeness (QED) is 0.854. The van der Waals surface area contributed by atoms with Crippen LogP contribution in [0, 0.1) is 5.92 Å². The van der Waals surface area contributed by atoms with Crippen molar-refractivity contribution < 1.29 is 15.0 Å². The molecule has 2 aliphatic rings. The summed E-state index contributed by atoms with van der Waals surface area (Å²) in [5.74, 6) is -0.280. The average molecular weight is 275 g/mol. The number of hydrogen-bond acceptors (Lipinski definition) is 3. The summed E-state index contributed by atoms with van der Waals surface area (Å²) in [6.45, 7) is 0.565. The summed E-state index contributed by atoms with van der Waals surface area (Å²) in [6, 6.07) is 7.72. The predicted molar refractivity (Wildman–Crippen MR) is 75.0 cm³/mol. The molecule has 0 radical (unpaired) electrons. The number of nitrogens with zero attached hydrogens (tertiary/aromatic N) is 1. The van der Waals surface area contributed by atoms with Crippen LogP contribution in [0.15, 0.2) is 24.3 Å². The van der Waals surface area contributed by atoms with Gasteiger partial charge in [-0.3, -0.25) is 4.79 Å². The number of aliphatic hydroxyl groups is 2. The number of fused-ring (bicyclic) bond motifs is 1. The Bertz CT molecular complexity index is 502. The van der Waals surface area contributed by atoms with Crippen molar-refractivity contribution >= 4 is 5.91 Å². The lowest BCUT2D eigenvalue weighted by Crippen LogP contribution is -2.46. The summed E-state index contributed by atoms with van der Waals surface area (Å²) in [5.41, 5.74) is 2.25. The summed E-state index contributed by atoms with van der Waals surface area (Å²) in [4.78, 5) is 14.4. The van der Waals surface area contributed by atoms with E-state index in [1.807, 2.05) is 18.2 Å². The summed E-state index contributed by atoms with van der Waals surface area (Å²) in [6.07, 6.45) is 2.69. The topological polar surface area (TPSA) is 60.8 Å². The van der Waals surface area contributed by atoms with Gasteiger partial charge < -0.3 is 15.1 Å². The summed E-state index contributed by atoms with van der Waals surface area (Å²) < 4.78 is 0. The van der Waals surface area contributed by atoms with Gasteiger partial charge in [-0.25, -0.2) is 0 Å². The molecule has 1 saturated carbocycles. The summed E-state index contributed by atoms with van der Waals surface area (Å²) >= 11 is 0. The molecule has 1 amide bonds. The van der Waals surface area contributed by atoms with E-state index < -0.39 is 6.10 Å². The van der Waals surface area contributed by atoms with E-state index in [1.165, 1.54) is 5.56 Å². The van der Waals surface area contributed by atoms with Crippen LogP contribution in [0.5, 0.6) is 0 Å². The number of amides is 1. The Labute approximate surface area is 119 Å². The molecule has 4 nitrogen and oxygen atoms in total. The van der Waals surface area contributed by atoms with E-state index in [1.54, 1.807) is 4.90 Å². The Morgan fingerprint density at radius 1 is 1.30 bits per heavy atom. The monoisotopic (exact) mass is 275 g/mol. The van der Waals surface area contributed by atoms with Crippen LogP contribution < -0.4 is 0 Å². The number of rotatable bonds is 2. The van der Waals surface area contributed by atoms with Gasteiger partial charge >= 0.3 is 0 Å². The van der Waals surface area contributed by atoms with Gasteiger partial charge in [-0.2, -0.15) is 0 Å². The Morgan fingerprint density at radius 3 is 2.80 bits per heavy atom. The third-order valence-electron chi connectivity index (χ3n) is 4.67. The molecular formula is C16H21NO3. The first-order chi connectivity index (χ1) is 9.72. The number of aliphatic hydroxyl groups excluding tert-OH is 2. The van der Waals surface area contributed by atoms with Crippen molar-refractivity contribution in [2.24, 2.45) is 5.92 Å². The minimum Gasteiger partial charge on any atom is -0.394 e. The van der Waals surface area contributed by atoms with Gasteiger partial charge in [-0.1, -0.05) is 24.3 Å². The van der Waals surface area contributed by atoms with Crippen molar-refractivity contribution in [3.8, 4) is 0 Å². The SMILES string of the molecule is O=C(C1CCCC1O)N1CCc2ccccc2C1CO. The highest BCUT2D eigenvalue weighted by atomic mass is 16.3. The molecule has 1 aliphatic carbocycles. The van der Waals surface area contributed by atoms with Gasteiger partial charge in [0.15, 0.2) is 0 Å². The first kappa shape index (κ1) is 13.6. The smallest absolute Gasteiger partial charge is 0.228 e. The molecule has 3 unspecified atom stereocenters. The zero-order valence-electron chi connectivity index (χ0n) is 11.5. The lowest BCUT2D eigenvalue weighted by molar-refractivity contribution is -0.142. The number of carbonyl (C=O) groups excluding carboxylic acids is 1. The van der Waals surface area contributed by atoms with Gasteiger partial charge in [0.2, 0.25) is 5.91 Å². The van der Waals surface area contributed by atoms with Gasteiger partial charge in [0.25, 0.3) is 0 Å². The van der Waals surface area contributed by atoms with Crippen molar-refractivity contribution in [2.45, 2.75) is 37.8 Å². The molecule has 1 fully saturated rings. The molecule has 3 rings (SSSR count). The van der Waals surface area contributed by atoms with E-state index in [-0.39, 0.29) is 24.5 Å². The molecule has 4 heteroatoms. The van der Waals surface area contributed by atoms with Gasteiger partial charge in [0.05, 0.1) is 24.7 Å². The molecule has 1 aromatic carbocycles. The second-order valence-electron chi connectivity index (χ2n) is 5.78. The fourth-order valence-electron chi connectivity index (χ4n) is 3.55. The molecule has 1 aliphatic heterocycles. The fraction of sp³-hybridized carbons (Fsp3) is 0.562. The zero-order valence-corrected chi connectivity index (χ0v) is 11.5. The van der Waals surface area contributed by atoms with Crippen LogP contribution in [0.4, 0.5) is 0 Å². The second kappa shape index (κ2) is 5.54. The van der Waals surface area contributed by atoms with Crippen molar-refractivity contribution in [2.75, 3.05) is 13.2 Å². The molecular weight excluding hydrogens is 254 g/mol. The van der Waals surface area contributed by atoms with Crippen LogP contribution in [0.3, 0.4) is 0 Å². The van der Waals surface area contributed by atoms with Crippen LogP contribution in [-0.2, 0) is 11.2 Å². The van der Waals surface area contributed by atoms with Gasteiger partial charge in [-0.15, -0.1) is 0 Å². The standard InChI is InChI=1S/C16H21NO3/c18-10-14-12-5-2-1-4-11(12)8-9-17(14)16(20)13-6-3-7-15(13)19/h1-2,4-5,13-15,18-19H,3,6-10H2. The Kier molecular flexibility index (Phi) is 3.76. The third-order valence-corrected chi connectivity index (χ3v) is 4.67. The maximum atomic E-state index is 12.6. The highest BCUT2D eigenvalue weighted by Crippen LogP contribution is 2.34. The molecule has 3 atom stereocenters. The molecule has 1 aromatic rings. The minimum absolute atomic E-state index is 0.00329. The lowest BCUT2D eigenvalue weighted by Gasteiger charge is -2.38.